The molecule has 0 bridgehead atoms. The summed E-state index contributed by atoms with van der Waals surface area (Å²) in [4.78, 5) is 20.8. The van der Waals surface area contributed by atoms with Crippen LogP contribution in [-0.4, -0.2) is 46.0 Å². The Bertz CT molecular complexity index is 1300. The van der Waals surface area contributed by atoms with Crippen molar-refractivity contribution >= 4 is 34.1 Å². The maximum Gasteiger partial charge on any atom is 0.413 e. The first-order valence-electron chi connectivity index (χ1n) is 11.2. The molecule has 3 heterocycles. The molecule has 1 aliphatic carbocycles. The molecular weight excluding hydrogens is 441 g/mol. The van der Waals surface area contributed by atoms with Crippen molar-refractivity contribution in [2.24, 2.45) is 0 Å². The third-order valence-electron chi connectivity index (χ3n) is 6.41. The number of hydrogen-bond donors (Lipinski definition) is 4. The lowest BCUT2D eigenvalue weighted by molar-refractivity contribution is 0.0453. The average molecular weight is 468 g/mol. The first kappa shape index (κ1) is 22.1. The van der Waals surface area contributed by atoms with Gasteiger partial charge in [0.2, 0.25) is 5.88 Å². The van der Waals surface area contributed by atoms with Crippen molar-refractivity contribution in [2.45, 2.75) is 44.8 Å². The van der Waals surface area contributed by atoms with Gasteiger partial charge in [0.15, 0.2) is 5.82 Å². The summed E-state index contributed by atoms with van der Waals surface area (Å²) in [5, 5.41) is 16.9. The van der Waals surface area contributed by atoms with E-state index in [0.29, 0.717) is 54.6 Å². The minimum Gasteiger partial charge on any atom is -0.474 e. The summed E-state index contributed by atoms with van der Waals surface area (Å²) >= 11 is 0. The second-order valence-electron chi connectivity index (χ2n) is 9.09. The molecule has 34 heavy (non-hydrogen) atoms. The van der Waals surface area contributed by atoms with Crippen molar-refractivity contribution < 1.29 is 23.8 Å². The van der Waals surface area contributed by atoms with Crippen LogP contribution in [0.15, 0.2) is 24.5 Å². The van der Waals surface area contributed by atoms with E-state index in [9.17, 15) is 9.90 Å². The van der Waals surface area contributed by atoms with Gasteiger partial charge in [-0.1, -0.05) is 0 Å². The zero-order valence-corrected chi connectivity index (χ0v) is 18.9. The Kier molecular flexibility index (Phi) is 5.40. The Balaban J connectivity index is 1.45. The van der Waals surface area contributed by atoms with Crippen molar-refractivity contribution in [3.05, 3.63) is 35.9 Å². The van der Waals surface area contributed by atoms with Gasteiger partial charge in [-0.25, -0.2) is 19.2 Å². The van der Waals surface area contributed by atoms with E-state index in [0.717, 1.165) is 11.3 Å². The minimum atomic E-state index is -0.824. The number of nitrogens with zero attached hydrogens (tertiary/aromatic N) is 2. The van der Waals surface area contributed by atoms with E-state index >= 15 is 4.39 Å². The first-order chi connectivity index (χ1) is 16.2. The Hall–Kier alpha value is -3.66. The van der Waals surface area contributed by atoms with Gasteiger partial charge in [0, 0.05) is 41.9 Å². The van der Waals surface area contributed by atoms with Crippen LogP contribution in [0.1, 0.15) is 31.7 Å². The maximum atomic E-state index is 15.3. The van der Waals surface area contributed by atoms with Crippen LogP contribution in [0, 0.1) is 12.7 Å². The summed E-state index contributed by atoms with van der Waals surface area (Å²) < 4.78 is 26.3. The van der Waals surface area contributed by atoms with Crippen LogP contribution in [0.2, 0.25) is 0 Å². The molecule has 1 amide bonds. The van der Waals surface area contributed by atoms with Crippen LogP contribution in [0.3, 0.4) is 0 Å². The molecule has 178 valence electrons. The Morgan fingerprint density at radius 3 is 2.94 bits per heavy atom. The molecule has 10 heteroatoms. The van der Waals surface area contributed by atoms with Crippen LogP contribution in [0.4, 0.5) is 26.4 Å². The van der Waals surface area contributed by atoms with Gasteiger partial charge in [-0.3, -0.25) is 5.32 Å². The highest BCUT2D eigenvalue weighted by molar-refractivity contribution is 5.99. The highest BCUT2D eigenvalue weighted by Gasteiger charge is 2.35. The van der Waals surface area contributed by atoms with E-state index in [1.807, 2.05) is 6.92 Å². The van der Waals surface area contributed by atoms with Crippen molar-refractivity contribution in [1.82, 2.24) is 9.97 Å². The predicted octanol–water partition coefficient (Wildman–Crippen LogP) is 3.98. The number of carbonyl (C=O) groups is 1. The smallest absolute Gasteiger partial charge is 0.413 e. The number of ether oxygens (including phenoxy) is 2. The van der Waals surface area contributed by atoms with E-state index in [2.05, 4.69) is 20.6 Å². The van der Waals surface area contributed by atoms with Gasteiger partial charge in [0.25, 0.3) is 0 Å². The normalized spacial score (nSPS) is 21.5. The number of pyridine rings is 2. The molecule has 1 aliphatic heterocycles. The third kappa shape index (κ3) is 4.05. The fourth-order valence-electron chi connectivity index (χ4n) is 4.61. The molecule has 2 aromatic heterocycles. The minimum absolute atomic E-state index is 0.0383. The molecule has 2 atom stereocenters. The topological polar surface area (TPSA) is 132 Å². The molecule has 0 radical (unpaired) electrons. The van der Waals surface area contributed by atoms with Crippen molar-refractivity contribution in [3.8, 4) is 17.0 Å². The molecule has 5 rings (SSSR count). The van der Waals surface area contributed by atoms with Gasteiger partial charge in [0.1, 0.15) is 24.2 Å². The van der Waals surface area contributed by atoms with E-state index in [4.69, 9.17) is 15.2 Å². The molecule has 0 spiro atoms. The molecule has 0 saturated heterocycles. The van der Waals surface area contributed by atoms with Crippen LogP contribution in [-0.2, 0) is 4.74 Å². The highest BCUT2D eigenvalue weighted by Crippen LogP contribution is 2.39. The summed E-state index contributed by atoms with van der Waals surface area (Å²) in [5.74, 6) is 0.165. The highest BCUT2D eigenvalue weighted by atomic mass is 19.1. The summed E-state index contributed by atoms with van der Waals surface area (Å²) in [6.07, 6.45) is 3.53. The number of nitrogens with one attached hydrogen (secondary N) is 2. The molecular formula is C24H26FN5O4. The summed E-state index contributed by atoms with van der Waals surface area (Å²) in [6.45, 7) is 4.74. The van der Waals surface area contributed by atoms with Crippen molar-refractivity contribution in [3.63, 3.8) is 0 Å². The number of benzene rings is 1. The summed E-state index contributed by atoms with van der Waals surface area (Å²) in [6, 6.07) is 3.27. The van der Waals surface area contributed by atoms with Crippen LogP contribution >= 0.6 is 0 Å². The third-order valence-corrected chi connectivity index (χ3v) is 6.41. The summed E-state index contributed by atoms with van der Waals surface area (Å²) in [5.41, 5.74) is 7.66. The first-order valence-corrected chi connectivity index (χ1v) is 11.2. The second-order valence-corrected chi connectivity index (χ2v) is 9.09. The number of nitrogen functional groups attached to an aromatic ring is 1. The molecule has 2 aliphatic rings. The zero-order chi connectivity index (χ0) is 24.0. The molecule has 9 nitrogen and oxygen atoms in total. The number of aromatic nitrogens is 2. The van der Waals surface area contributed by atoms with Gasteiger partial charge in [-0.05, 0) is 49.8 Å². The number of amides is 1. The van der Waals surface area contributed by atoms with Gasteiger partial charge in [-0.15, -0.1) is 0 Å². The quantitative estimate of drug-likeness (QED) is 0.425. The van der Waals surface area contributed by atoms with E-state index in [-0.39, 0.29) is 23.2 Å². The number of nitrogens with two attached hydrogens (primary N) is 1. The number of rotatable bonds is 3. The molecule has 5 N–H and O–H groups in total. The van der Waals surface area contributed by atoms with E-state index < -0.39 is 17.5 Å². The average Bonchev–Trinajstić information content (AvgIpc) is 3.14. The second kappa shape index (κ2) is 8.28. The Morgan fingerprint density at radius 2 is 2.18 bits per heavy atom. The number of fused-ring (bicyclic) bond motifs is 2. The van der Waals surface area contributed by atoms with Gasteiger partial charge in [0.05, 0.1) is 11.3 Å². The van der Waals surface area contributed by atoms with Gasteiger partial charge >= 0.3 is 6.09 Å². The van der Waals surface area contributed by atoms with Crippen LogP contribution < -0.4 is 21.1 Å². The predicted molar refractivity (Wildman–Crippen MR) is 126 cm³/mol. The monoisotopic (exact) mass is 467 g/mol. The standard InChI is InChI=1S/C24H26FN5O4/c1-12-16(10-29-22-21(12)27-5-6-33-22)15-7-13-8-18(28-11-17(13)20(26)19(15)25)30-23(31)34-14-3-4-24(2,32)9-14/h7-8,10-11,14,27,32H,3-6,9,26H2,1-2H3,(H,28,30,31)/t14-,24-/m1/s1. The van der Waals surface area contributed by atoms with Crippen LogP contribution in [0.25, 0.3) is 21.9 Å². The maximum absolute atomic E-state index is 15.3. The lowest BCUT2D eigenvalue weighted by Gasteiger charge is -2.22. The van der Waals surface area contributed by atoms with Crippen molar-refractivity contribution in [2.75, 3.05) is 29.5 Å². The number of halogens is 1. The van der Waals surface area contributed by atoms with Crippen LogP contribution in [0.5, 0.6) is 5.88 Å². The molecule has 3 aromatic rings. The van der Waals surface area contributed by atoms with E-state index in [1.54, 1.807) is 25.3 Å². The summed E-state index contributed by atoms with van der Waals surface area (Å²) in [7, 11) is 0. The fraction of sp³-hybridized carbons (Fsp3) is 0.375. The lowest BCUT2D eigenvalue weighted by Crippen LogP contribution is -2.24. The number of aliphatic hydroxyl groups is 1. The Labute approximate surface area is 195 Å². The molecule has 1 saturated carbocycles. The SMILES string of the molecule is Cc1c(-c2cc3cc(NC(=O)O[C@@H]4CC[C@@](C)(O)C4)ncc3c(N)c2F)cnc2c1NCCO2. The van der Waals surface area contributed by atoms with Crippen molar-refractivity contribution in [1.29, 1.82) is 0 Å². The van der Waals surface area contributed by atoms with Gasteiger partial charge in [-0.2, -0.15) is 0 Å². The van der Waals surface area contributed by atoms with Gasteiger partial charge < -0.3 is 25.6 Å². The fourth-order valence-corrected chi connectivity index (χ4v) is 4.61. The number of hydrogen-bond acceptors (Lipinski definition) is 8. The zero-order valence-electron chi connectivity index (χ0n) is 18.9. The molecule has 0 unspecified atom stereocenters. The molecule has 1 fully saturated rings. The Morgan fingerprint density at radius 1 is 1.35 bits per heavy atom. The largest absolute Gasteiger partial charge is 0.474 e. The number of carbonyl (C=O) groups excluding carboxylic acids is 1. The lowest BCUT2D eigenvalue weighted by atomic mass is 9.97. The molecule has 1 aromatic carbocycles. The number of anilines is 3. The van der Waals surface area contributed by atoms with E-state index in [1.165, 1.54) is 6.20 Å².